The highest BCUT2D eigenvalue weighted by atomic mass is 16.5. The summed E-state index contributed by atoms with van der Waals surface area (Å²) in [6.07, 6.45) is 5.89. The SMILES string of the molecule is COCCCC1NCCOC12CCCN(C)CC2. The Labute approximate surface area is 111 Å². The van der Waals surface area contributed by atoms with Crippen molar-refractivity contribution in [2.75, 3.05) is 47.0 Å². The quantitative estimate of drug-likeness (QED) is 0.768. The minimum Gasteiger partial charge on any atom is -0.385 e. The molecule has 2 saturated heterocycles. The molecule has 2 atom stereocenters. The molecular formula is C14H28N2O2. The van der Waals surface area contributed by atoms with Crippen LogP contribution in [0.4, 0.5) is 0 Å². The third-order valence-electron chi connectivity index (χ3n) is 4.42. The predicted molar refractivity (Wildman–Crippen MR) is 72.9 cm³/mol. The van der Waals surface area contributed by atoms with Crippen molar-refractivity contribution < 1.29 is 9.47 Å². The molecule has 0 aliphatic carbocycles. The van der Waals surface area contributed by atoms with Crippen LogP contribution in [0.3, 0.4) is 0 Å². The fourth-order valence-corrected chi connectivity index (χ4v) is 3.33. The molecule has 1 N–H and O–H groups in total. The average molecular weight is 256 g/mol. The lowest BCUT2D eigenvalue weighted by Gasteiger charge is -2.44. The second-order valence-electron chi connectivity index (χ2n) is 5.71. The molecular weight excluding hydrogens is 228 g/mol. The summed E-state index contributed by atoms with van der Waals surface area (Å²) in [5, 5.41) is 3.68. The first kappa shape index (κ1) is 14.3. The van der Waals surface area contributed by atoms with E-state index in [0.29, 0.717) is 6.04 Å². The Balaban J connectivity index is 1.96. The van der Waals surface area contributed by atoms with E-state index in [-0.39, 0.29) is 5.60 Å². The minimum atomic E-state index is 0.0801. The van der Waals surface area contributed by atoms with E-state index in [0.717, 1.165) is 45.6 Å². The summed E-state index contributed by atoms with van der Waals surface area (Å²) in [4.78, 5) is 2.43. The molecule has 0 amide bonds. The van der Waals surface area contributed by atoms with Crippen LogP contribution in [-0.2, 0) is 9.47 Å². The smallest absolute Gasteiger partial charge is 0.0848 e. The predicted octanol–water partition coefficient (Wildman–Crippen LogP) is 1.26. The molecule has 1 spiro atoms. The van der Waals surface area contributed by atoms with E-state index < -0.39 is 0 Å². The van der Waals surface area contributed by atoms with Gasteiger partial charge in [0.25, 0.3) is 0 Å². The number of methoxy groups -OCH3 is 1. The maximum absolute atomic E-state index is 6.25. The van der Waals surface area contributed by atoms with Gasteiger partial charge < -0.3 is 19.7 Å². The van der Waals surface area contributed by atoms with Crippen molar-refractivity contribution in [2.24, 2.45) is 0 Å². The Morgan fingerprint density at radius 1 is 1.39 bits per heavy atom. The van der Waals surface area contributed by atoms with Gasteiger partial charge in [0.15, 0.2) is 0 Å². The van der Waals surface area contributed by atoms with E-state index in [9.17, 15) is 0 Å². The number of nitrogens with zero attached hydrogens (tertiary/aromatic N) is 1. The first-order valence-electron chi connectivity index (χ1n) is 7.32. The number of morpholine rings is 1. The molecule has 0 bridgehead atoms. The third kappa shape index (κ3) is 3.44. The molecule has 0 aromatic carbocycles. The lowest BCUT2D eigenvalue weighted by molar-refractivity contribution is -0.107. The highest BCUT2D eigenvalue weighted by molar-refractivity contribution is 4.97. The lowest BCUT2D eigenvalue weighted by Crippen LogP contribution is -2.58. The number of rotatable bonds is 4. The molecule has 2 unspecified atom stereocenters. The van der Waals surface area contributed by atoms with E-state index in [1.54, 1.807) is 7.11 Å². The zero-order valence-electron chi connectivity index (χ0n) is 11.9. The third-order valence-corrected chi connectivity index (χ3v) is 4.42. The van der Waals surface area contributed by atoms with Gasteiger partial charge in [-0.25, -0.2) is 0 Å². The van der Waals surface area contributed by atoms with Crippen LogP contribution in [0.5, 0.6) is 0 Å². The number of hydrogen-bond donors (Lipinski definition) is 1. The number of ether oxygens (including phenoxy) is 2. The minimum absolute atomic E-state index is 0.0801. The van der Waals surface area contributed by atoms with Crippen LogP contribution >= 0.6 is 0 Å². The largest absolute Gasteiger partial charge is 0.385 e. The van der Waals surface area contributed by atoms with Gasteiger partial charge in [-0.1, -0.05) is 0 Å². The number of nitrogens with one attached hydrogen (secondary N) is 1. The van der Waals surface area contributed by atoms with Crippen molar-refractivity contribution >= 4 is 0 Å². The van der Waals surface area contributed by atoms with Gasteiger partial charge in [0, 0.05) is 32.8 Å². The zero-order chi connectivity index (χ0) is 12.8. The van der Waals surface area contributed by atoms with Gasteiger partial charge in [-0.2, -0.15) is 0 Å². The highest BCUT2D eigenvalue weighted by Gasteiger charge is 2.42. The van der Waals surface area contributed by atoms with Crippen LogP contribution in [0.2, 0.25) is 0 Å². The molecule has 18 heavy (non-hydrogen) atoms. The molecule has 2 aliphatic rings. The van der Waals surface area contributed by atoms with Crippen LogP contribution < -0.4 is 5.32 Å². The monoisotopic (exact) mass is 256 g/mol. The number of hydrogen-bond acceptors (Lipinski definition) is 4. The molecule has 4 heteroatoms. The first-order chi connectivity index (χ1) is 8.77. The van der Waals surface area contributed by atoms with Crippen molar-refractivity contribution in [1.82, 2.24) is 10.2 Å². The van der Waals surface area contributed by atoms with Crippen LogP contribution in [0.15, 0.2) is 0 Å². The van der Waals surface area contributed by atoms with Crippen LogP contribution in [0, 0.1) is 0 Å². The van der Waals surface area contributed by atoms with Crippen molar-refractivity contribution in [2.45, 2.75) is 43.7 Å². The fourth-order valence-electron chi connectivity index (χ4n) is 3.33. The Bertz CT molecular complexity index is 250. The maximum atomic E-state index is 6.25. The molecule has 106 valence electrons. The van der Waals surface area contributed by atoms with Gasteiger partial charge in [0.2, 0.25) is 0 Å². The van der Waals surface area contributed by atoms with E-state index in [2.05, 4.69) is 17.3 Å². The fraction of sp³-hybridized carbons (Fsp3) is 1.00. The van der Waals surface area contributed by atoms with E-state index in [1.807, 2.05) is 0 Å². The molecule has 2 fully saturated rings. The van der Waals surface area contributed by atoms with Crippen molar-refractivity contribution in [3.05, 3.63) is 0 Å². The summed E-state index contributed by atoms with van der Waals surface area (Å²) in [6, 6.07) is 0.507. The van der Waals surface area contributed by atoms with Gasteiger partial charge in [-0.05, 0) is 45.7 Å². The van der Waals surface area contributed by atoms with Crippen LogP contribution in [0.1, 0.15) is 32.1 Å². The summed E-state index contributed by atoms with van der Waals surface area (Å²) < 4.78 is 11.4. The Hall–Kier alpha value is -0.160. The summed E-state index contributed by atoms with van der Waals surface area (Å²) >= 11 is 0. The molecule has 0 aromatic rings. The van der Waals surface area contributed by atoms with E-state index in [1.165, 1.54) is 19.4 Å². The van der Waals surface area contributed by atoms with Crippen molar-refractivity contribution in [3.63, 3.8) is 0 Å². The van der Waals surface area contributed by atoms with E-state index >= 15 is 0 Å². The van der Waals surface area contributed by atoms with Crippen LogP contribution in [0.25, 0.3) is 0 Å². The van der Waals surface area contributed by atoms with Gasteiger partial charge in [0.1, 0.15) is 0 Å². The van der Waals surface area contributed by atoms with Crippen LogP contribution in [-0.4, -0.2) is 63.5 Å². The van der Waals surface area contributed by atoms with Gasteiger partial charge >= 0.3 is 0 Å². The Morgan fingerprint density at radius 2 is 2.28 bits per heavy atom. The topological polar surface area (TPSA) is 33.7 Å². The normalized spacial score (nSPS) is 34.7. The first-order valence-corrected chi connectivity index (χ1v) is 7.32. The van der Waals surface area contributed by atoms with E-state index in [4.69, 9.17) is 9.47 Å². The Kier molecular flexibility index (Phi) is 5.42. The Morgan fingerprint density at radius 3 is 3.11 bits per heavy atom. The van der Waals surface area contributed by atoms with Gasteiger partial charge in [-0.3, -0.25) is 0 Å². The molecule has 0 radical (unpaired) electrons. The molecule has 0 aromatic heterocycles. The standard InChI is InChI=1S/C14H28N2O2/c1-16-9-4-6-14(7-10-16)13(5-3-11-17-2)15-8-12-18-14/h13,15H,3-12H2,1-2H3. The van der Waals surface area contributed by atoms with Gasteiger partial charge in [0.05, 0.1) is 12.2 Å². The maximum Gasteiger partial charge on any atom is 0.0848 e. The zero-order valence-corrected chi connectivity index (χ0v) is 11.9. The number of likely N-dealkylation sites (tertiary alicyclic amines) is 1. The molecule has 2 rings (SSSR count). The molecule has 0 saturated carbocycles. The lowest BCUT2D eigenvalue weighted by atomic mass is 9.83. The summed E-state index contributed by atoms with van der Waals surface area (Å²) in [7, 11) is 4.00. The van der Waals surface area contributed by atoms with Crippen molar-refractivity contribution in [3.8, 4) is 0 Å². The second kappa shape index (κ2) is 6.85. The molecule has 2 heterocycles. The summed E-state index contributed by atoms with van der Waals surface area (Å²) in [5.74, 6) is 0. The van der Waals surface area contributed by atoms with Gasteiger partial charge in [-0.15, -0.1) is 0 Å². The molecule has 2 aliphatic heterocycles. The average Bonchev–Trinajstić information content (AvgIpc) is 2.56. The second-order valence-corrected chi connectivity index (χ2v) is 5.71. The van der Waals surface area contributed by atoms with Crippen molar-refractivity contribution in [1.29, 1.82) is 0 Å². The summed E-state index contributed by atoms with van der Waals surface area (Å²) in [5.41, 5.74) is 0.0801. The molecule has 4 nitrogen and oxygen atoms in total. The highest BCUT2D eigenvalue weighted by Crippen LogP contribution is 2.33. The summed E-state index contributed by atoms with van der Waals surface area (Å²) in [6.45, 7) is 5.08.